The van der Waals surface area contributed by atoms with E-state index < -0.39 is 0 Å². The van der Waals surface area contributed by atoms with Gasteiger partial charge in [0.2, 0.25) is 0 Å². The Kier molecular flexibility index (Phi) is 13.9. The van der Waals surface area contributed by atoms with Crippen molar-refractivity contribution < 1.29 is 0 Å². The van der Waals surface area contributed by atoms with Gasteiger partial charge in [-0.15, -0.1) is 0 Å². The van der Waals surface area contributed by atoms with Gasteiger partial charge in [-0.3, -0.25) is 0 Å². The smallest absolute Gasteiger partial charge is 0.00189 e. The Bertz CT molecular complexity index is 137. The van der Waals surface area contributed by atoms with Crippen LogP contribution in [0.4, 0.5) is 0 Å². The molecule has 0 radical (unpaired) electrons. The van der Waals surface area contributed by atoms with E-state index >= 15 is 0 Å². The van der Waals surface area contributed by atoms with Crippen molar-refractivity contribution in [1.82, 2.24) is 10.2 Å². The fourth-order valence-electron chi connectivity index (χ4n) is 2.05. The first-order valence-corrected chi connectivity index (χ1v) is 7.78. The van der Waals surface area contributed by atoms with E-state index in [4.69, 9.17) is 0 Å². The van der Waals surface area contributed by atoms with Crippen molar-refractivity contribution >= 4 is 0 Å². The normalized spacial score (nSPS) is 11.3. The van der Waals surface area contributed by atoms with Gasteiger partial charge in [0, 0.05) is 0 Å². The third kappa shape index (κ3) is 12.2. The summed E-state index contributed by atoms with van der Waals surface area (Å²) in [6.45, 7) is 13.0. The summed E-state index contributed by atoms with van der Waals surface area (Å²) in [5, 5.41) is 3.46. The van der Waals surface area contributed by atoms with Crippen LogP contribution in [-0.4, -0.2) is 37.6 Å². The minimum atomic E-state index is 1.18. The second kappa shape index (κ2) is 14.0. The van der Waals surface area contributed by atoms with Gasteiger partial charge >= 0.3 is 0 Å². The summed E-state index contributed by atoms with van der Waals surface area (Å²) in [6, 6.07) is 0. The van der Waals surface area contributed by atoms with E-state index in [2.05, 4.69) is 31.0 Å². The van der Waals surface area contributed by atoms with Gasteiger partial charge in [0.15, 0.2) is 0 Å². The molecule has 17 heavy (non-hydrogen) atoms. The van der Waals surface area contributed by atoms with Gasteiger partial charge in [0.1, 0.15) is 0 Å². The van der Waals surface area contributed by atoms with Crippen LogP contribution in [0.25, 0.3) is 0 Å². The van der Waals surface area contributed by atoms with Gasteiger partial charge in [-0.2, -0.15) is 0 Å². The Balaban J connectivity index is 3.19. The van der Waals surface area contributed by atoms with Crippen molar-refractivity contribution in [2.45, 2.75) is 65.7 Å². The van der Waals surface area contributed by atoms with Crippen LogP contribution in [0, 0.1) is 0 Å². The molecule has 0 aliphatic carbocycles. The van der Waals surface area contributed by atoms with Crippen molar-refractivity contribution in [1.29, 1.82) is 0 Å². The standard InChI is InChI=1S/C15H34N2/c1-4-7-14-17(6-3)15-11-9-8-10-13-16-12-5-2/h16H,4-15H2,1-3H3. The molecule has 0 bridgehead atoms. The lowest BCUT2D eigenvalue weighted by Gasteiger charge is -2.19. The largest absolute Gasteiger partial charge is 0.317 e. The lowest BCUT2D eigenvalue weighted by molar-refractivity contribution is 0.276. The van der Waals surface area contributed by atoms with Crippen molar-refractivity contribution in [3.8, 4) is 0 Å². The fraction of sp³-hybridized carbons (Fsp3) is 1.00. The number of nitrogens with zero attached hydrogens (tertiary/aromatic N) is 1. The Hall–Kier alpha value is -0.0800. The molecular formula is C15H34N2. The van der Waals surface area contributed by atoms with Crippen LogP contribution in [0.3, 0.4) is 0 Å². The molecule has 0 rings (SSSR count). The molecule has 2 heteroatoms. The van der Waals surface area contributed by atoms with Gasteiger partial charge < -0.3 is 10.2 Å². The number of rotatable bonds is 13. The third-order valence-corrected chi connectivity index (χ3v) is 3.28. The molecule has 0 aromatic rings. The summed E-state index contributed by atoms with van der Waals surface area (Å²) in [6.07, 6.45) is 9.45. The van der Waals surface area contributed by atoms with Crippen molar-refractivity contribution in [2.24, 2.45) is 0 Å². The predicted octanol–water partition coefficient (Wildman–Crippen LogP) is 3.67. The SMILES string of the molecule is CCCCN(CC)CCCCCCNCCC. The van der Waals surface area contributed by atoms with Crippen LogP contribution < -0.4 is 5.32 Å². The number of hydrogen-bond acceptors (Lipinski definition) is 2. The molecule has 2 nitrogen and oxygen atoms in total. The molecule has 1 N–H and O–H groups in total. The van der Waals surface area contributed by atoms with E-state index in [0.29, 0.717) is 0 Å². The maximum atomic E-state index is 3.46. The second-order valence-corrected chi connectivity index (χ2v) is 4.95. The Labute approximate surface area is 109 Å². The van der Waals surface area contributed by atoms with E-state index in [9.17, 15) is 0 Å². The minimum Gasteiger partial charge on any atom is -0.317 e. The lowest BCUT2D eigenvalue weighted by atomic mass is 10.2. The van der Waals surface area contributed by atoms with Gasteiger partial charge in [-0.05, 0) is 58.4 Å². The first-order chi connectivity index (χ1) is 8.35. The van der Waals surface area contributed by atoms with Crippen LogP contribution in [0.5, 0.6) is 0 Å². The summed E-state index contributed by atoms with van der Waals surface area (Å²) in [7, 11) is 0. The van der Waals surface area contributed by atoms with E-state index in [-0.39, 0.29) is 0 Å². The summed E-state index contributed by atoms with van der Waals surface area (Å²) < 4.78 is 0. The lowest BCUT2D eigenvalue weighted by Crippen LogP contribution is -2.25. The molecule has 0 atom stereocenters. The Morgan fingerprint density at radius 3 is 2.06 bits per heavy atom. The molecule has 0 heterocycles. The highest BCUT2D eigenvalue weighted by atomic mass is 15.1. The zero-order chi connectivity index (χ0) is 12.8. The summed E-state index contributed by atoms with van der Waals surface area (Å²) in [5.41, 5.74) is 0. The summed E-state index contributed by atoms with van der Waals surface area (Å²) in [4.78, 5) is 2.60. The molecule has 0 amide bonds. The molecule has 0 aliphatic heterocycles. The van der Waals surface area contributed by atoms with E-state index in [1.807, 2.05) is 0 Å². The van der Waals surface area contributed by atoms with Crippen molar-refractivity contribution in [3.63, 3.8) is 0 Å². The van der Waals surface area contributed by atoms with Crippen LogP contribution in [0.2, 0.25) is 0 Å². The zero-order valence-corrected chi connectivity index (χ0v) is 12.4. The molecule has 0 aromatic heterocycles. The van der Waals surface area contributed by atoms with E-state index in [0.717, 1.165) is 0 Å². The summed E-state index contributed by atoms with van der Waals surface area (Å²) >= 11 is 0. The van der Waals surface area contributed by atoms with E-state index in [1.54, 1.807) is 0 Å². The summed E-state index contributed by atoms with van der Waals surface area (Å²) in [5.74, 6) is 0. The van der Waals surface area contributed by atoms with Crippen LogP contribution in [-0.2, 0) is 0 Å². The molecule has 0 saturated heterocycles. The quantitative estimate of drug-likeness (QED) is 0.496. The van der Waals surface area contributed by atoms with Gasteiger partial charge in [0.25, 0.3) is 0 Å². The van der Waals surface area contributed by atoms with Gasteiger partial charge in [-0.25, -0.2) is 0 Å². The van der Waals surface area contributed by atoms with Crippen molar-refractivity contribution in [2.75, 3.05) is 32.7 Å². The first kappa shape index (κ1) is 16.9. The highest BCUT2D eigenvalue weighted by Gasteiger charge is 2.00. The fourth-order valence-corrected chi connectivity index (χ4v) is 2.05. The highest BCUT2D eigenvalue weighted by Crippen LogP contribution is 2.02. The number of hydrogen-bond donors (Lipinski definition) is 1. The maximum Gasteiger partial charge on any atom is -0.00189 e. The minimum absolute atomic E-state index is 1.18. The zero-order valence-electron chi connectivity index (χ0n) is 12.4. The van der Waals surface area contributed by atoms with Crippen LogP contribution >= 0.6 is 0 Å². The molecule has 0 fully saturated rings. The van der Waals surface area contributed by atoms with Gasteiger partial charge in [-0.1, -0.05) is 40.0 Å². The van der Waals surface area contributed by atoms with Crippen LogP contribution in [0.15, 0.2) is 0 Å². The van der Waals surface area contributed by atoms with E-state index in [1.165, 1.54) is 77.7 Å². The van der Waals surface area contributed by atoms with Crippen LogP contribution in [0.1, 0.15) is 65.7 Å². The molecule has 0 spiro atoms. The predicted molar refractivity (Wildman–Crippen MR) is 78.7 cm³/mol. The Morgan fingerprint density at radius 2 is 1.41 bits per heavy atom. The molecule has 104 valence electrons. The molecule has 0 unspecified atom stereocenters. The van der Waals surface area contributed by atoms with Crippen molar-refractivity contribution in [3.05, 3.63) is 0 Å². The molecule has 0 aromatic carbocycles. The molecule has 0 saturated carbocycles. The monoisotopic (exact) mass is 242 g/mol. The first-order valence-electron chi connectivity index (χ1n) is 7.78. The second-order valence-electron chi connectivity index (χ2n) is 4.95. The maximum absolute atomic E-state index is 3.46. The number of unbranched alkanes of at least 4 members (excludes halogenated alkanes) is 4. The third-order valence-electron chi connectivity index (χ3n) is 3.28. The average Bonchev–Trinajstić information content (AvgIpc) is 2.36. The number of nitrogens with one attached hydrogen (secondary N) is 1. The average molecular weight is 242 g/mol. The van der Waals surface area contributed by atoms with Gasteiger partial charge in [0.05, 0.1) is 0 Å². The highest BCUT2D eigenvalue weighted by molar-refractivity contribution is 4.56. The molecular weight excluding hydrogens is 208 g/mol. The topological polar surface area (TPSA) is 15.3 Å². The Morgan fingerprint density at radius 1 is 0.706 bits per heavy atom. The molecule has 0 aliphatic rings.